The molecule has 2 aromatic heterocycles. The minimum Gasteiger partial charge on any atom is -0.554 e. The molecule has 2 heterocycles. The van der Waals surface area contributed by atoms with E-state index in [1.807, 2.05) is 54.9 Å². The predicted molar refractivity (Wildman–Crippen MR) is 137 cm³/mol. The van der Waals surface area contributed by atoms with Crippen LogP contribution in [0.2, 0.25) is 5.02 Å². The number of ether oxygens (including phenoxy) is 1. The summed E-state index contributed by atoms with van der Waals surface area (Å²) in [6.45, 7) is -0.000785. The molecule has 186 valence electrons. The quantitative estimate of drug-likeness (QED) is 0.195. The van der Waals surface area contributed by atoms with E-state index in [1.165, 1.54) is 0 Å². The van der Waals surface area contributed by atoms with Crippen molar-refractivity contribution in [3.63, 3.8) is 0 Å². The van der Waals surface area contributed by atoms with Crippen LogP contribution in [0.15, 0.2) is 85.3 Å². The Bertz CT molecular complexity index is 1600. The first-order valence-corrected chi connectivity index (χ1v) is 11.6. The van der Waals surface area contributed by atoms with Gasteiger partial charge < -0.3 is 25.4 Å². The minimum atomic E-state index is -0.639. The molecule has 37 heavy (non-hydrogen) atoms. The van der Waals surface area contributed by atoms with Crippen molar-refractivity contribution in [1.29, 1.82) is 0 Å². The van der Waals surface area contributed by atoms with E-state index in [1.54, 1.807) is 30.5 Å². The van der Waals surface area contributed by atoms with Gasteiger partial charge in [-0.1, -0.05) is 35.9 Å². The number of benzene rings is 3. The van der Waals surface area contributed by atoms with Crippen LogP contribution < -0.4 is 20.1 Å². The number of primary amides is 1. The summed E-state index contributed by atoms with van der Waals surface area (Å²) in [5.74, 6) is -0.582. The van der Waals surface area contributed by atoms with E-state index in [4.69, 9.17) is 32.0 Å². The molecule has 1 amide bonds. The van der Waals surface area contributed by atoms with Gasteiger partial charge in [0.15, 0.2) is 25.5 Å². The first-order valence-electron chi connectivity index (χ1n) is 11.2. The number of pyridine rings is 1. The number of nitrogens with two attached hydrogens (primary N) is 1. The summed E-state index contributed by atoms with van der Waals surface area (Å²) in [7, 11) is 0. The van der Waals surface area contributed by atoms with Crippen molar-refractivity contribution < 1.29 is 28.8 Å². The topological polar surface area (TPSA) is 129 Å². The molecule has 0 atom stereocenters. The minimum absolute atomic E-state index is 0.199. The molecule has 0 unspecified atom stereocenters. The van der Waals surface area contributed by atoms with Crippen LogP contribution in [-0.4, -0.2) is 29.8 Å². The number of ketones is 1. The number of halogens is 1. The summed E-state index contributed by atoms with van der Waals surface area (Å²) in [4.78, 5) is 36.4. The maximum absolute atomic E-state index is 13.0. The second kappa shape index (κ2) is 11.4. The number of nitrogens with zero attached hydrogens (tertiary/aromatic N) is 1. The maximum Gasteiger partial charge on any atom is 0.252 e. The fourth-order valence-corrected chi connectivity index (χ4v) is 4.21. The van der Waals surface area contributed by atoms with Gasteiger partial charge in [0.05, 0.1) is 5.56 Å². The Morgan fingerprint density at radius 2 is 1.76 bits per heavy atom. The number of fused-ring (bicyclic) bond motifs is 2. The number of amides is 1. The van der Waals surface area contributed by atoms with Crippen LogP contribution in [0.5, 0.6) is 5.75 Å². The van der Waals surface area contributed by atoms with Gasteiger partial charge in [-0.15, -0.1) is 0 Å². The summed E-state index contributed by atoms with van der Waals surface area (Å²) in [6.07, 6.45) is 5.70. The number of H-pyrrole nitrogens is 1. The highest BCUT2D eigenvalue weighted by Gasteiger charge is 2.17. The van der Waals surface area contributed by atoms with Crippen LogP contribution in [-0.2, 0) is 11.3 Å². The molecule has 0 fully saturated rings. The van der Waals surface area contributed by atoms with Gasteiger partial charge in [0.2, 0.25) is 5.78 Å². The first-order chi connectivity index (χ1) is 17.9. The van der Waals surface area contributed by atoms with Crippen LogP contribution in [0, 0.1) is 0 Å². The fraction of sp³-hybridized carbons (Fsp3) is 0.0714. The van der Waals surface area contributed by atoms with Crippen molar-refractivity contribution in [1.82, 2.24) is 4.98 Å². The Balaban J connectivity index is 0.00000102. The van der Waals surface area contributed by atoms with Crippen LogP contribution in [0.1, 0.15) is 26.3 Å². The zero-order chi connectivity index (χ0) is 26.4. The van der Waals surface area contributed by atoms with Gasteiger partial charge in [0, 0.05) is 51.9 Å². The molecule has 0 aliphatic carbocycles. The molecule has 0 spiro atoms. The number of Topliss-reactive ketones (excluding diaryl/α,β-unsaturated/α-hetero) is 1. The molecule has 3 aromatic carbocycles. The number of aromatic nitrogens is 2. The zero-order valence-corrected chi connectivity index (χ0v) is 20.3. The Morgan fingerprint density at radius 1 is 1.00 bits per heavy atom. The van der Waals surface area contributed by atoms with Crippen molar-refractivity contribution in [2.45, 2.75) is 6.54 Å². The van der Waals surface area contributed by atoms with Gasteiger partial charge in [0.1, 0.15) is 5.75 Å². The van der Waals surface area contributed by atoms with Crippen LogP contribution in [0.25, 0.3) is 21.7 Å². The van der Waals surface area contributed by atoms with Crippen molar-refractivity contribution in [3.8, 4) is 5.75 Å². The van der Waals surface area contributed by atoms with Gasteiger partial charge in [-0.05, 0) is 41.1 Å². The van der Waals surface area contributed by atoms with E-state index in [2.05, 4.69) is 9.55 Å². The number of rotatable bonds is 7. The Labute approximate surface area is 216 Å². The molecule has 3 N–H and O–H groups in total. The molecule has 0 saturated heterocycles. The summed E-state index contributed by atoms with van der Waals surface area (Å²) in [5.41, 5.74) is 8.26. The average Bonchev–Trinajstić information content (AvgIpc) is 3.31. The van der Waals surface area contributed by atoms with Gasteiger partial charge in [-0.2, -0.15) is 0 Å². The van der Waals surface area contributed by atoms with Crippen molar-refractivity contribution in [2.24, 2.45) is 5.73 Å². The van der Waals surface area contributed by atoms with Crippen LogP contribution in [0.4, 0.5) is 0 Å². The van der Waals surface area contributed by atoms with Crippen molar-refractivity contribution in [2.75, 3.05) is 6.61 Å². The lowest BCUT2D eigenvalue weighted by Crippen LogP contribution is -2.32. The Hall–Kier alpha value is -4.69. The molecule has 0 aliphatic rings. The van der Waals surface area contributed by atoms with E-state index >= 15 is 0 Å². The van der Waals surface area contributed by atoms with E-state index in [0.29, 0.717) is 10.6 Å². The Kier molecular flexibility index (Phi) is 7.80. The van der Waals surface area contributed by atoms with Gasteiger partial charge >= 0.3 is 0 Å². The standard InChI is InChI=1S/C27H20ClN3O3.CH2O2/c28-20-6-5-18-13-26(22(27(29)33)12-19(18)11-20)34-16-25(32)23-14-30-24-10-17(4-7-21(23)24)15-31-8-2-1-3-9-31;2-1-3/h1-14H,15-16H2,(H2-,29,30,32,33);1H,(H,2,3). The molecule has 5 rings (SSSR count). The highest BCUT2D eigenvalue weighted by molar-refractivity contribution is 6.31. The third-order valence-electron chi connectivity index (χ3n) is 5.71. The van der Waals surface area contributed by atoms with Gasteiger partial charge in [0.25, 0.3) is 5.91 Å². The lowest BCUT2D eigenvalue weighted by atomic mass is 10.1. The van der Waals surface area contributed by atoms with E-state index in [9.17, 15) is 9.59 Å². The summed E-state index contributed by atoms with van der Waals surface area (Å²) in [6, 6.07) is 20.6. The molecule has 8 nitrogen and oxygen atoms in total. The van der Waals surface area contributed by atoms with E-state index in [0.717, 1.165) is 33.8 Å². The third-order valence-corrected chi connectivity index (χ3v) is 5.95. The number of aromatic amines is 1. The molecular weight excluding hydrogens is 494 g/mol. The smallest absolute Gasteiger partial charge is 0.252 e. The number of carbonyl (C=O) groups excluding carboxylic acids is 3. The lowest BCUT2D eigenvalue weighted by molar-refractivity contribution is -0.688. The average molecular weight is 516 g/mol. The molecule has 9 heteroatoms. The van der Waals surface area contributed by atoms with Gasteiger partial charge in [-0.3, -0.25) is 9.59 Å². The monoisotopic (exact) mass is 515 g/mol. The largest absolute Gasteiger partial charge is 0.554 e. The molecular formula is C28H22ClN3O5. The van der Waals surface area contributed by atoms with Crippen LogP contribution in [0.3, 0.4) is 0 Å². The van der Waals surface area contributed by atoms with Crippen molar-refractivity contribution in [3.05, 3.63) is 107 Å². The second-order valence-corrected chi connectivity index (χ2v) is 8.58. The number of nitrogens with one attached hydrogen (secondary N) is 1. The number of hydrogen-bond acceptors (Lipinski definition) is 5. The van der Waals surface area contributed by atoms with E-state index in [-0.39, 0.29) is 23.7 Å². The van der Waals surface area contributed by atoms with E-state index < -0.39 is 12.4 Å². The second-order valence-electron chi connectivity index (χ2n) is 8.14. The molecule has 0 bridgehead atoms. The van der Waals surface area contributed by atoms with Crippen molar-refractivity contribution >= 4 is 51.4 Å². The number of carbonyl (C=O) groups is 3. The summed E-state index contributed by atoms with van der Waals surface area (Å²) < 4.78 is 7.85. The molecule has 0 aliphatic heterocycles. The number of hydrogen-bond donors (Lipinski definition) is 2. The predicted octanol–water partition coefficient (Wildman–Crippen LogP) is 3.04. The first kappa shape index (κ1) is 25.4. The lowest BCUT2D eigenvalue weighted by Gasteiger charge is -2.11. The molecule has 0 saturated carbocycles. The SMILES string of the molecule is NC(=O)c1cc2cc(Cl)ccc2cc1OCC(=O)c1c[nH]c2cc(C[n+]3ccccc3)ccc12.O=C[O-]. The Morgan fingerprint density at radius 3 is 2.49 bits per heavy atom. The summed E-state index contributed by atoms with van der Waals surface area (Å²) in [5, 5.41) is 11.2. The summed E-state index contributed by atoms with van der Waals surface area (Å²) >= 11 is 6.05. The normalized spacial score (nSPS) is 10.5. The highest BCUT2D eigenvalue weighted by Crippen LogP contribution is 2.28. The maximum atomic E-state index is 13.0. The molecule has 5 aromatic rings. The third kappa shape index (κ3) is 5.94. The highest BCUT2D eigenvalue weighted by atomic mass is 35.5. The van der Waals surface area contributed by atoms with Gasteiger partial charge in [-0.25, -0.2) is 4.57 Å². The number of carboxylic acid groups (broad SMARTS) is 1. The van der Waals surface area contributed by atoms with Crippen LogP contribution >= 0.6 is 11.6 Å². The molecule has 0 radical (unpaired) electrons. The fourth-order valence-electron chi connectivity index (χ4n) is 4.03. The zero-order valence-electron chi connectivity index (χ0n) is 19.5.